The van der Waals surface area contributed by atoms with Crippen LogP contribution >= 0.6 is 23.2 Å². The summed E-state index contributed by atoms with van der Waals surface area (Å²) in [6.45, 7) is 4.05. The van der Waals surface area contributed by atoms with Gasteiger partial charge in [0.05, 0.1) is 12.5 Å². The predicted octanol–water partition coefficient (Wildman–Crippen LogP) is 5.67. The van der Waals surface area contributed by atoms with Crippen molar-refractivity contribution in [1.82, 2.24) is 4.90 Å². The number of halogens is 2. The van der Waals surface area contributed by atoms with Crippen LogP contribution in [0, 0.1) is 0 Å². The number of amides is 1. The summed E-state index contributed by atoms with van der Waals surface area (Å²) in [6, 6.07) is 14.1. The van der Waals surface area contributed by atoms with Gasteiger partial charge in [0, 0.05) is 16.1 Å². The number of rotatable bonds is 7. The number of aliphatic carboxylic acids is 1. The fourth-order valence-corrected chi connectivity index (χ4v) is 4.37. The van der Waals surface area contributed by atoms with Crippen LogP contribution in [0.5, 0.6) is 0 Å². The quantitative estimate of drug-likeness (QED) is 0.591. The van der Waals surface area contributed by atoms with Crippen molar-refractivity contribution in [2.24, 2.45) is 0 Å². The van der Waals surface area contributed by atoms with Gasteiger partial charge in [0.2, 0.25) is 0 Å². The third kappa shape index (κ3) is 4.97. The molecule has 0 unspecified atom stereocenters. The molecule has 3 rings (SSSR count). The van der Waals surface area contributed by atoms with Crippen LogP contribution in [0.15, 0.2) is 48.5 Å². The van der Waals surface area contributed by atoms with E-state index in [0.29, 0.717) is 10.0 Å². The van der Waals surface area contributed by atoms with Gasteiger partial charge in [-0.3, -0.25) is 9.59 Å². The molecule has 1 N–H and O–H groups in total. The van der Waals surface area contributed by atoms with Gasteiger partial charge in [0.25, 0.3) is 5.91 Å². The van der Waals surface area contributed by atoms with Crippen molar-refractivity contribution in [3.05, 3.63) is 69.7 Å². The van der Waals surface area contributed by atoms with Gasteiger partial charge in [0.1, 0.15) is 12.2 Å². The smallest absolute Gasteiger partial charge is 0.306 e. The van der Waals surface area contributed by atoms with E-state index in [-0.39, 0.29) is 11.9 Å². The highest BCUT2D eigenvalue weighted by atomic mass is 35.5. The fraction of sp³-hybridized carbons (Fsp3) is 0.391. The van der Waals surface area contributed by atoms with Crippen molar-refractivity contribution >= 4 is 35.1 Å². The first-order valence-electron chi connectivity index (χ1n) is 10.0. The number of hydrogen-bond donors (Lipinski definition) is 1. The van der Waals surface area contributed by atoms with Gasteiger partial charge in [0.15, 0.2) is 0 Å². The number of hydrogen-bond acceptors (Lipinski definition) is 3. The third-order valence-electron chi connectivity index (χ3n) is 5.36. The lowest BCUT2D eigenvalue weighted by molar-refractivity contribution is -0.183. The van der Waals surface area contributed by atoms with Crippen molar-refractivity contribution in [3.8, 4) is 0 Å². The molecule has 1 aliphatic heterocycles. The van der Waals surface area contributed by atoms with Crippen LogP contribution < -0.4 is 0 Å². The molecule has 160 valence electrons. The number of carbonyl (C=O) groups excluding carboxylic acids is 1. The molecule has 2 aromatic rings. The Morgan fingerprint density at radius 3 is 2.43 bits per heavy atom. The average molecular weight is 450 g/mol. The van der Waals surface area contributed by atoms with Gasteiger partial charge in [-0.15, -0.1) is 0 Å². The molecule has 0 bridgehead atoms. The van der Waals surface area contributed by atoms with Crippen molar-refractivity contribution < 1.29 is 19.4 Å². The summed E-state index contributed by atoms with van der Waals surface area (Å²) in [7, 11) is 0. The standard InChI is InChI=1S/C23H25Cl2NO4/c1-3-5-14(2)26-21(15-8-10-17(24)11-9-15)22(16-6-4-7-18(25)12-16)30-19(23(26)29)13-20(27)28/h4,6-12,14,19,21-22H,3,5,13H2,1-2H3,(H,27,28)/t14-,19-,21+,22-/m1/s1. The molecule has 30 heavy (non-hydrogen) atoms. The van der Waals surface area contributed by atoms with Crippen molar-refractivity contribution in [2.45, 2.75) is 57.4 Å². The maximum atomic E-state index is 13.4. The zero-order chi connectivity index (χ0) is 21.8. The van der Waals surface area contributed by atoms with Crippen LogP contribution in [0.25, 0.3) is 0 Å². The number of carboxylic acid groups (broad SMARTS) is 1. The molecule has 0 aromatic heterocycles. The Morgan fingerprint density at radius 1 is 1.13 bits per heavy atom. The monoisotopic (exact) mass is 449 g/mol. The molecular weight excluding hydrogens is 425 g/mol. The number of nitrogens with zero attached hydrogens (tertiary/aromatic N) is 1. The molecule has 0 aliphatic carbocycles. The molecule has 4 atom stereocenters. The minimum absolute atomic E-state index is 0.0925. The second kappa shape index (κ2) is 9.82. The van der Waals surface area contributed by atoms with E-state index in [1.54, 1.807) is 29.2 Å². The summed E-state index contributed by atoms with van der Waals surface area (Å²) in [4.78, 5) is 26.6. The van der Waals surface area contributed by atoms with Crippen LogP contribution in [0.1, 0.15) is 56.4 Å². The molecule has 5 nitrogen and oxygen atoms in total. The van der Waals surface area contributed by atoms with Gasteiger partial charge >= 0.3 is 5.97 Å². The molecule has 0 radical (unpaired) electrons. The minimum Gasteiger partial charge on any atom is -0.481 e. The highest BCUT2D eigenvalue weighted by Crippen LogP contribution is 2.44. The van der Waals surface area contributed by atoms with Crippen LogP contribution in [-0.4, -0.2) is 34.0 Å². The summed E-state index contributed by atoms with van der Waals surface area (Å²) in [5, 5.41) is 10.5. The number of benzene rings is 2. The molecule has 1 amide bonds. The summed E-state index contributed by atoms with van der Waals surface area (Å²) in [6.07, 6.45) is -0.332. The third-order valence-corrected chi connectivity index (χ3v) is 5.84. The Kier molecular flexibility index (Phi) is 7.40. The summed E-state index contributed by atoms with van der Waals surface area (Å²) in [5.41, 5.74) is 1.66. The van der Waals surface area contributed by atoms with E-state index in [1.165, 1.54) is 0 Å². The maximum absolute atomic E-state index is 13.4. The summed E-state index contributed by atoms with van der Waals surface area (Å²) >= 11 is 12.3. The van der Waals surface area contributed by atoms with Crippen LogP contribution in [0.4, 0.5) is 0 Å². The largest absolute Gasteiger partial charge is 0.481 e. The van der Waals surface area contributed by atoms with Gasteiger partial charge in [-0.05, 0) is 48.7 Å². The second-order valence-electron chi connectivity index (χ2n) is 7.58. The Morgan fingerprint density at radius 2 is 1.83 bits per heavy atom. The molecule has 1 fully saturated rings. The van der Waals surface area contributed by atoms with Crippen molar-refractivity contribution in [1.29, 1.82) is 0 Å². The maximum Gasteiger partial charge on any atom is 0.306 e. The minimum atomic E-state index is -1.08. The lowest BCUT2D eigenvalue weighted by Crippen LogP contribution is -2.54. The van der Waals surface area contributed by atoms with Crippen molar-refractivity contribution in [3.63, 3.8) is 0 Å². The number of ether oxygens (including phenoxy) is 1. The lowest BCUT2D eigenvalue weighted by Gasteiger charge is -2.47. The Bertz CT molecular complexity index is 902. The van der Waals surface area contributed by atoms with Gasteiger partial charge in [-0.1, -0.05) is 60.8 Å². The SMILES string of the molecule is CCC[C@@H](C)N1C(=O)[C@@H](CC(=O)O)O[C@H](c2cccc(Cl)c2)[C@@H]1c1ccc(Cl)cc1. The van der Waals surface area contributed by atoms with Crippen molar-refractivity contribution in [2.75, 3.05) is 0 Å². The summed E-state index contributed by atoms with van der Waals surface area (Å²) < 4.78 is 6.14. The zero-order valence-corrected chi connectivity index (χ0v) is 18.4. The highest BCUT2D eigenvalue weighted by molar-refractivity contribution is 6.30. The molecular formula is C23H25Cl2NO4. The molecule has 0 saturated carbocycles. The molecule has 7 heteroatoms. The zero-order valence-electron chi connectivity index (χ0n) is 16.9. The van der Waals surface area contributed by atoms with E-state index in [4.69, 9.17) is 27.9 Å². The number of carbonyl (C=O) groups is 2. The molecule has 1 heterocycles. The van der Waals surface area contributed by atoms with E-state index in [9.17, 15) is 14.7 Å². The highest BCUT2D eigenvalue weighted by Gasteiger charge is 2.46. The van der Waals surface area contributed by atoms with E-state index in [2.05, 4.69) is 6.92 Å². The Labute approximate surface area is 186 Å². The predicted molar refractivity (Wildman–Crippen MR) is 117 cm³/mol. The van der Waals surface area contributed by atoms with Gasteiger partial charge < -0.3 is 14.7 Å². The Balaban J connectivity index is 2.14. The molecule has 2 aromatic carbocycles. The van der Waals surface area contributed by atoms with E-state index in [1.807, 2.05) is 31.2 Å². The fourth-order valence-electron chi connectivity index (χ4n) is 4.04. The topological polar surface area (TPSA) is 66.8 Å². The summed E-state index contributed by atoms with van der Waals surface area (Å²) in [5.74, 6) is -1.39. The molecule has 0 spiro atoms. The first kappa shape index (κ1) is 22.6. The van der Waals surface area contributed by atoms with Crippen LogP contribution in [0.2, 0.25) is 10.0 Å². The van der Waals surface area contributed by atoms with Crippen LogP contribution in [0.3, 0.4) is 0 Å². The molecule has 1 saturated heterocycles. The second-order valence-corrected chi connectivity index (χ2v) is 8.45. The van der Waals surface area contributed by atoms with E-state index in [0.717, 1.165) is 24.0 Å². The molecule has 1 aliphatic rings. The first-order chi connectivity index (χ1) is 14.3. The normalized spacial score (nSPS) is 22.7. The number of morpholine rings is 1. The average Bonchev–Trinajstić information content (AvgIpc) is 2.69. The Hall–Kier alpha value is -2.08. The van der Waals surface area contributed by atoms with E-state index >= 15 is 0 Å². The lowest BCUT2D eigenvalue weighted by atomic mass is 9.89. The van der Waals surface area contributed by atoms with Crippen LogP contribution in [-0.2, 0) is 14.3 Å². The first-order valence-corrected chi connectivity index (χ1v) is 10.8. The van der Waals surface area contributed by atoms with Gasteiger partial charge in [-0.2, -0.15) is 0 Å². The van der Waals surface area contributed by atoms with E-state index < -0.39 is 30.6 Å². The van der Waals surface area contributed by atoms with Gasteiger partial charge in [-0.25, -0.2) is 0 Å². The number of carboxylic acids is 1.